The Bertz CT molecular complexity index is 1430. The summed E-state index contributed by atoms with van der Waals surface area (Å²) in [5.41, 5.74) is -2.26. The van der Waals surface area contributed by atoms with Crippen LogP contribution in [0.15, 0.2) is 42.6 Å². The highest BCUT2D eigenvalue weighted by Crippen LogP contribution is 2.38. The number of nitrogens with zero attached hydrogens (tertiary/aromatic N) is 5. The Morgan fingerprint density at radius 3 is 2.19 bits per heavy atom. The zero-order valence-corrected chi connectivity index (χ0v) is 21.4. The summed E-state index contributed by atoms with van der Waals surface area (Å²) in [7, 11) is 1.27. The molecule has 0 atom stereocenters. The van der Waals surface area contributed by atoms with Gasteiger partial charge in [-0.3, -0.25) is 0 Å². The molecule has 1 aliphatic rings. The molecule has 0 bridgehead atoms. The predicted octanol–water partition coefficient (Wildman–Crippen LogP) is 5.82. The molecule has 1 aromatic carbocycles. The largest absolute Gasteiger partial charge is 0.493 e. The standard InChI is InChI=1S/C25H20F9N5O3/c1-41-13-19-36-18-9-12-38(21-17(24(29,30)31)3-2-10-35-21)11-8-16(18)20(37-19)39(42-22(40)25(32,33)34)15-6-4-14(5-7-15)23(26,27)28/h2-7,10H,8-9,11-13H2,1H3. The molecule has 2 aromatic heterocycles. The van der Waals surface area contributed by atoms with Gasteiger partial charge in [0.1, 0.15) is 12.4 Å². The number of hydrogen-bond donors (Lipinski definition) is 0. The van der Waals surface area contributed by atoms with E-state index in [9.17, 15) is 44.3 Å². The fourth-order valence-electron chi connectivity index (χ4n) is 4.21. The first-order chi connectivity index (χ1) is 19.6. The van der Waals surface area contributed by atoms with Crippen molar-refractivity contribution in [3.8, 4) is 0 Å². The molecule has 17 heteroatoms. The molecule has 0 amide bonds. The van der Waals surface area contributed by atoms with Gasteiger partial charge in [0, 0.05) is 38.4 Å². The molecule has 42 heavy (non-hydrogen) atoms. The normalized spacial score (nSPS) is 14.3. The minimum absolute atomic E-state index is 0.0382. The Balaban J connectivity index is 1.81. The summed E-state index contributed by atoms with van der Waals surface area (Å²) < 4.78 is 125. The van der Waals surface area contributed by atoms with Crippen LogP contribution in [0.5, 0.6) is 0 Å². The number of carbonyl (C=O) groups excluding carboxylic acids is 1. The van der Waals surface area contributed by atoms with E-state index in [1.807, 2.05) is 0 Å². The molecule has 3 heterocycles. The monoisotopic (exact) mass is 609 g/mol. The molecule has 0 unspecified atom stereocenters. The van der Waals surface area contributed by atoms with Crippen LogP contribution in [0.25, 0.3) is 0 Å². The number of methoxy groups -OCH3 is 1. The highest BCUT2D eigenvalue weighted by atomic mass is 19.4. The number of halogens is 9. The molecular formula is C25H20F9N5O3. The van der Waals surface area contributed by atoms with E-state index in [-0.39, 0.29) is 55.4 Å². The first kappa shape index (κ1) is 30.8. The lowest BCUT2D eigenvalue weighted by atomic mass is 10.1. The van der Waals surface area contributed by atoms with Crippen LogP contribution in [0.3, 0.4) is 0 Å². The van der Waals surface area contributed by atoms with E-state index in [0.29, 0.717) is 17.2 Å². The molecule has 1 aliphatic heterocycles. The second kappa shape index (κ2) is 11.6. The number of anilines is 3. The number of aromatic nitrogens is 3. The fraction of sp³-hybridized carbons (Fsp3) is 0.360. The maximum Gasteiger partial charge on any atom is 0.493 e. The summed E-state index contributed by atoms with van der Waals surface area (Å²) in [5.74, 6) is -3.59. The number of ether oxygens (including phenoxy) is 1. The number of hydrogen-bond acceptors (Lipinski definition) is 8. The van der Waals surface area contributed by atoms with Crippen LogP contribution in [0.4, 0.5) is 56.8 Å². The van der Waals surface area contributed by atoms with E-state index < -0.39 is 47.1 Å². The summed E-state index contributed by atoms with van der Waals surface area (Å²) in [5, 5.41) is 0.327. The molecule has 4 rings (SSSR count). The quantitative estimate of drug-likeness (QED) is 0.256. The van der Waals surface area contributed by atoms with Crippen molar-refractivity contribution in [3.05, 3.63) is 70.8 Å². The van der Waals surface area contributed by atoms with E-state index >= 15 is 0 Å². The third-order valence-corrected chi connectivity index (χ3v) is 6.06. The van der Waals surface area contributed by atoms with E-state index in [4.69, 9.17) is 4.74 Å². The molecule has 0 saturated heterocycles. The molecule has 0 N–H and O–H groups in total. The molecule has 3 aromatic rings. The molecule has 8 nitrogen and oxygen atoms in total. The second-order valence-corrected chi connectivity index (χ2v) is 8.90. The van der Waals surface area contributed by atoms with Crippen molar-refractivity contribution in [2.45, 2.75) is 38.0 Å². The number of pyridine rings is 1. The van der Waals surface area contributed by atoms with Crippen molar-refractivity contribution in [2.75, 3.05) is 30.2 Å². The van der Waals surface area contributed by atoms with Gasteiger partial charge in [0.25, 0.3) is 0 Å². The number of rotatable bonds is 6. The number of fused-ring (bicyclic) bond motifs is 1. The van der Waals surface area contributed by atoms with E-state index in [2.05, 4.69) is 19.8 Å². The summed E-state index contributed by atoms with van der Waals surface area (Å²) in [6, 6.07) is 4.68. The Morgan fingerprint density at radius 2 is 1.60 bits per heavy atom. The summed E-state index contributed by atoms with van der Waals surface area (Å²) in [4.78, 5) is 30.2. The Labute approximate surface area is 231 Å². The summed E-state index contributed by atoms with van der Waals surface area (Å²) in [6.45, 7) is -0.448. The molecule has 0 aliphatic carbocycles. The van der Waals surface area contributed by atoms with E-state index in [0.717, 1.165) is 24.3 Å². The van der Waals surface area contributed by atoms with E-state index in [1.54, 1.807) is 0 Å². The van der Waals surface area contributed by atoms with Crippen molar-refractivity contribution >= 4 is 23.3 Å². The average molecular weight is 609 g/mol. The van der Waals surface area contributed by atoms with Crippen molar-refractivity contribution in [2.24, 2.45) is 0 Å². The maximum absolute atomic E-state index is 13.7. The van der Waals surface area contributed by atoms with Gasteiger partial charge in [0.2, 0.25) is 0 Å². The predicted molar refractivity (Wildman–Crippen MR) is 127 cm³/mol. The topological polar surface area (TPSA) is 80.7 Å². The zero-order chi connectivity index (χ0) is 30.9. The highest BCUT2D eigenvalue weighted by molar-refractivity contribution is 5.78. The van der Waals surface area contributed by atoms with Gasteiger partial charge >= 0.3 is 24.5 Å². The van der Waals surface area contributed by atoms with Gasteiger partial charge in [-0.1, -0.05) is 0 Å². The number of carbonyl (C=O) groups is 1. The van der Waals surface area contributed by atoms with Crippen LogP contribution >= 0.6 is 0 Å². The van der Waals surface area contributed by atoms with Gasteiger partial charge in [0.15, 0.2) is 11.6 Å². The maximum atomic E-state index is 13.7. The first-order valence-electron chi connectivity index (χ1n) is 12.0. The molecular weight excluding hydrogens is 589 g/mol. The minimum atomic E-state index is -5.49. The van der Waals surface area contributed by atoms with Crippen molar-refractivity contribution in [3.63, 3.8) is 0 Å². The van der Waals surface area contributed by atoms with Gasteiger partial charge < -0.3 is 14.5 Å². The van der Waals surface area contributed by atoms with Crippen molar-refractivity contribution in [1.82, 2.24) is 15.0 Å². The average Bonchev–Trinajstić information content (AvgIpc) is 3.13. The fourth-order valence-corrected chi connectivity index (χ4v) is 4.21. The van der Waals surface area contributed by atoms with Crippen molar-refractivity contribution < 1.29 is 53.9 Å². The van der Waals surface area contributed by atoms with Crippen LogP contribution < -0.4 is 9.96 Å². The highest BCUT2D eigenvalue weighted by Gasteiger charge is 2.44. The number of alkyl halides is 9. The van der Waals surface area contributed by atoms with Gasteiger partial charge in [-0.15, -0.1) is 0 Å². The lowest BCUT2D eigenvalue weighted by Gasteiger charge is -2.26. The van der Waals surface area contributed by atoms with Gasteiger partial charge in [0.05, 0.1) is 22.5 Å². The van der Waals surface area contributed by atoms with E-state index in [1.165, 1.54) is 18.2 Å². The van der Waals surface area contributed by atoms with Gasteiger partial charge in [-0.05, 0) is 42.8 Å². The Kier molecular flexibility index (Phi) is 8.52. The molecule has 0 saturated carbocycles. The summed E-state index contributed by atoms with van der Waals surface area (Å²) >= 11 is 0. The Hall–Kier alpha value is -4.15. The molecule has 0 fully saturated rings. The third-order valence-electron chi connectivity index (χ3n) is 6.06. The minimum Gasteiger partial charge on any atom is -0.377 e. The van der Waals surface area contributed by atoms with Gasteiger partial charge in [-0.2, -0.15) is 44.6 Å². The summed E-state index contributed by atoms with van der Waals surface area (Å²) in [6.07, 6.45) is -14.0. The van der Waals surface area contributed by atoms with Crippen LogP contribution in [0.1, 0.15) is 28.2 Å². The smallest absolute Gasteiger partial charge is 0.377 e. The van der Waals surface area contributed by atoms with Crippen LogP contribution in [-0.2, 0) is 46.2 Å². The van der Waals surface area contributed by atoms with Gasteiger partial charge in [-0.25, -0.2) is 19.7 Å². The lowest BCUT2D eigenvalue weighted by Crippen LogP contribution is -2.34. The molecule has 0 spiro atoms. The van der Waals surface area contributed by atoms with Crippen LogP contribution in [0, 0.1) is 0 Å². The van der Waals surface area contributed by atoms with Crippen LogP contribution in [-0.4, -0.2) is 47.3 Å². The SMILES string of the molecule is COCc1nc2c(c(N(OC(=O)C(F)(F)F)c3ccc(C(F)(F)F)cc3)n1)CCN(c1ncccc1C(F)(F)F)CC2. The molecule has 0 radical (unpaired) electrons. The third kappa shape index (κ3) is 6.83. The van der Waals surface area contributed by atoms with Crippen molar-refractivity contribution in [1.29, 1.82) is 0 Å². The second-order valence-electron chi connectivity index (χ2n) is 8.90. The lowest BCUT2D eigenvalue weighted by molar-refractivity contribution is -0.199. The zero-order valence-electron chi connectivity index (χ0n) is 21.4. The molecule has 226 valence electrons. The Morgan fingerprint density at radius 1 is 0.929 bits per heavy atom. The van der Waals surface area contributed by atoms with Crippen LogP contribution in [0.2, 0.25) is 0 Å². The first-order valence-corrected chi connectivity index (χ1v) is 12.0. The number of benzene rings is 1.